The van der Waals surface area contributed by atoms with Gasteiger partial charge in [0.2, 0.25) is 11.8 Å². The lowest BCUT2D eigenvalue weighted by Gasteiger charge is -2.32. The first-order chi connectivity index (χ1) is 12.7. The summed E-state index contributed by atoms with van der Waals surface area (Å²) in [6, 6.07) is 9.37. The van der Waals surface area contributed by atoms with E-state index in [4.69, 9.17) is 15.0 Å². The Labute approximate surface area is 151 Å². The molecule has 0 N–H and O–H groups in total. The minimum Gasteiger partial charge on any atom is -0.477 e. The van der Waals surface area contributed by atoms with Gasteiger partial charge in [0.1, 0.15) is 5.52 Å². The number of piperidine rings is 1. The SMILES string of the molecule is Cn1c(N2CCC(COc3cc(C#N)ccn3)CC2)nc2cccnc21. The lowest BCUT2D eigenvalue weighted by Crippen LogP contribution is -2.37. The van der Waals surface area contributed by atoms with Gasteiger partial charge in [-0.15, -0.1) is 0 Å². The molecule has 1 saturated heterocycles. The molecule has 0 saturated carbocycles. The fourth-order valence-corrected chi connectivity index (χ4v) is 3.36. The van der Waals surface area contributed by atoms with Gasteiger partial charge in [-0.3, -0.25) is 4.57 Å². The largest absolute Gasteiger partial charge is 0.477 e. The number of ether oxygens (including phenoxy) is 1. The van der Waals surface area contributed by atoms with Gasteiger partial charge in [0.15, 0.2) is 5.65 Å². The molecule has 4 heterocycles. The molecule has 0 amide bonds. The molecule has 0 radical (unpaired) electrons. The van der Waals surface area contributed by atoms with Crippen molar-refractivity contribution in [2.75, 3.05) is 24.6 Å². The van der Waals surface area contributed by atoms with E-state index in [9.17, 15) is 0 Å². The number of pyridine rings is 2. The predicted octanol–water partition coefficient (Wildman–Crippen LogP) is 2.53. The van der Waals surface area contributed by atoms with E-state index in [1.807, 2.05) is 19.2 Å². The Balaban J connectivity index is 1.36. The third-order valence-corrected chi connectivity index (χ3v) is 4.83. The summed E-state index contributed by atoms with van der Waals surface area (Å²) in [5.41, 5.74) is 2.41. The van der Waals surface area contributed by atoms with Crippen LogP contribution in [0.15, 0.2) is 36.7 Å². The number of aryl methyl sites for hydroxylation is 1. The fraction of sp³-hybridized carbons (Fsp3) is 0.368. The van der Waals surface area contributed by atoms with Crippen LogP contribution in [0.25, 0.3) is 11.2 Å². The van der Waals surface area contributed by atoms with E-state index in [1.165, 1.54) is 0 Å². The van der Waals surface area contributed by atoms with Gasteiger partial charge in [-0.25, -0.2) is 15.0 Å². The average Bonchev–Trinajstić information content (AvgIpc) is 3.04. The van der Waals surface area contributed by atoms with Gasteiger partial charge in [0, 0.05) is 38.6 Å². The Kier molecular flexibility index (Phi) is 4.40. The molecule has 132 valence electrons. The van der Waals surface area contributed by atoms with E-state index in [0.717, 1.165) is 43.0 Å². The third kappa shape index (κ3) is 3.18. The Morgan fingerprint density at radius 2 is 2.08 bits per heavy atom. The van der Waals surface area contributed by atoms with E-state index in [2.05, 4.69) is 25.5 Å². The quantitative estimate of drug-likeness (QED) is 0.721. The molecule has 7 heteroatoms. The van der Waals surface area contributed by atoms with Crippen molar-refractivity contribution >= 4 is 17.1 Å². The van der Waals surface area contributed by atoms with Crippen LogP contribution >= 0.6 is 0 Å². The Morgan fingerprint density at radius 1 is 1.23 bits per heavy atom. The highest BCUT2D eigenvalue weighted by molar-refractivity contribution is 5.74. The van der Waals surface area contributed by atoms with Crippen LogP contribution in [0.4, 0.5) is 5.95 Å². The zero-order valence-corrected chi connectivity index (χ0v) is 14.7. The molecule has 26 heavy (non-hydrogen) atoms. The number of anilines is 1. The van der Waals surface area contributed by atoms with Crippen molar-refractivity contribution in [2.45, 2.75) is 12.8 Å². The van der Waals surface area contributed by atoms with Crippen LogP contribution in [0.5, 0.6) is 5.88 Å². The molecule has 0 bridgehead atoms. The van der Waals surface area contributed by atoms with Crippen molar-refractivity contribution in [3.8, 4) is 11.9 Å². The molecular weight excluding hydrogens is 328 g/mol. The molecule has 0 aromatic carbocycles. The van der Waals surface area contributed by atoms with Crippen LogP contribution in [0.1, 0.15) is 18.4 Å². The topological polar surface area (TPSA) is 79.9 Å². The van der Waals surface area contributed by atoms with E-state index < -0.39 is 0 Å². The summed E-state index contributed by atoms with van der Waals surface area (Å²) in [5, 5.41) is 8.94. The highest BCUT2D eigenvalue weighted by Crippen LogP contribution is 2.25. The zero-order valence-electron chi connectivity index (χ0n) is 14.7. The normalized spacial score (nSPS) is 15.2. The van der Waals surface area contributed by atoms with E-state index in [-0.39, 0.29) is 0 Å². The molecule has 3 aromatic heterocycles. The van der Waals surface area contributed by atoms with Crippen molar-refractivity contribution in [1.82, 2.24) is 19.5 Å². The number of hydrogen-bond acceptors (Lipinski definition) is 6. The summed E-state index contributed by atoms with van der Waals surface area (Å²) in [6.07, 6.45) is 5.48. The average molecular weight is 348 g/mol. The minimum absolute atomic E-state index is 0.478. The summed E-state index contributed by atoms with van der Waals surface area (Å²) in [4.78, 5) is 15.6. The Morgan fingerprint density at radius 3 is 2.85 bits per heavy atom. The summed E-state index contributed by atoms with van der Waals surface area (Å²) in [5.74, 6) is 1.97. The van der Waals surface area contributed by atoms with Crippen molar-refractivity contribution in [3.63, 3.8) is 0 Å². The number of nitrogens with zero attached hydrogens (tertiary/aromatic N) is 6. The number of fused-ring (bicyclic) bond motifs is 1. The molecule has 3 aromatic rings. The standard InChI is InChI=1S/C19H20N6O/c1-24-18-16(3-2-7-22-18)23-19(24)25-9-5-14(6-10-25)13-26-17-11-15(12-20)4-8-21-17/h2-4,7-8,11,14H,5-6,9-10,13H2,1H3. The van der Waals surface area contributed by atoms with Crippen molar-refractivity contribution < 1.29 is 4.74 Å². The number of hydrogen-bond donors (Lipinski definition) is 0. The first kappa shape index (κ1) is 16.3. The molecule has 1 aliphatic rings. The number of nitriles is 1. The zero-order chi connectivity index (χ0) is 17.9. The smallest absolute Gasteiger partial charge is 0.214 e. The summed E-state index contributed by atoms with van der Waals surface area (Å²) in [7, 11) is 2.01. The van der Waals surface area contributed by atoms with E-state index in [0.29, 0.717) is 24.0 Å². The molecule has 0 atom stereocenters. The predicted molar refractivity (Wildman–Crippen MR) is 97.9 cm³/mol. The van der Waals surface area contributed by atoms with Gasteiger partial charge in [-0.05, 0) is 37.0 Å². The van der Waals surface area contributed by atoms with Gasteiger partial charge < -0.3 is 9.64 Å². The number of imidazole rings is 1. The van der Waals surface area contributed by atoms with Crippen molar-refractivity contribution in [2.24, 2.45) is 13.0 Å². The number of rotatable bonds is 4. The van der Waals surface area contributed by atoms with E-state index in [1.54, 1.807) is 24.5 Å². The second kappa shape index (κ2) is 7.00. The lowest BCUT2D eigenvalue weighted by atomic mass is 9.98. The highest BCUT2D eigenvalue weighted by Gasteiger charge is 2.23. The fourth-order valence-electron chi connectivity index (χ4n) is 3.36. The monoisotopic (exact) mass is 348 g/mol. The molecule has 1 aliphatic heterocycles. The van der Waals surface area contributed by atoms with Crippen LogP contribution in [-0.4, -0.2) is 39.2 Å². The summed E-state index contributed by atoms with van der Waals surface area (Å²) in [6.45, 7) is 2.51. The lowest BCUT2D eigenvalue weighted by molar-refractivity contribution is 0.215. The maximum atomic E-state index is 8.94. The maximum absolute atomic E-state index is 8.94. The van der Waals surface area contributed by atoms with Gasteiger partial charge in [-0.2, -0.15) is 5.26 Å². The first-order valence-corrected chi connectivity index (χ1v) is 8.76. The molecule has 7 nitrogen and oxygen atoms in total. The second-order valence-electron chi connectivity index (χ2n) is 6.55. The van der Waals surface area contributed by atoms with Crippen LogP contribution in [0.3, 0.4) is 0 Å². The molecule has 0 unspecified atom stereocenters. The summed E-state index contributed by atoms with van der Waals surface area (Å²) < 4.78 is 7.85. The van der Waals surface area contributed by atoms with E-state index >= 15 is 0 Å². The van der Waals surface area contributed by atoms with Crippen LogP contribution in [-0.2, 0) is 7.05 Å². The molecule has 4 rings (SSSR count). The number of aromatic nitrogens is 4. The third-order valence-electron chi connectivity index (χ3n) is 4.83. The van der Waals surface area contributed by atoms with Gasteiger partial charge in [-0.1, -0.05) is 0 Å². The van der Waals surface area contributed by atoms with Crippen LogP contribution in [0, 0.1) is 17.2 Å². The Hall–Kier alpha value is -3.14. The molecule has 0 aliphatic carbocycles. The second-order valence-corrected chi connectivity index (χ2v) is 6.55. The molecule has 0 spiro atoms. The molecule has 1 fully saturated rings. The van der Waals surface area contributed by atoms with Gasteiger partial charge >= 0.3 is 0 Å². The summed E-state index contributed by atoms with van der Waals surface area (Å²) >= 11 is 0. The van der Waals surface area contributed by atoms with Gasteiger partial charge in [0.05, 0.1) is 18.2 Å². The maximum Gasteiger partial charge on any atom is 0.214 e. The van der Waals surface area contributed by atoms with Crippen LogP contribution < -0.4 is 9.64 Å². The molecular formula is C19H20N6O. The highest BCUT2D eigenvalue weighted by atomic mass is 16.5. The first-order valence-electron chi connectivity index (χ1n) is 8.76. The Bertz CT molecular complexity index is 952. The van der Waals surface area contributed by atoms with Crippen molar-refractivity contribution in [3.05, 3.63) is 42.2 Å². The minimum atomic E-state index is 0.478. The van der Waals surface area contributed by atoms with Crippen molar-refractivity contribution in [1.29, 1.82) is 5.26 Å². The van der Waals surface area contributed by atoms with Crippen LogP contribution in [0.2, 0.25) is 0 Å². The van der Waals surface area contributed by atoms with Gasteiger partial charge in [0.25, 0.3) is 0 Å².